The Labute approximate surface area is 80.9 Å². The van der Waals surface area contributed by atoms with E-state index in [2.05, 4.69) is 4.98 Å². The van der Waals surface area contributed by atoms with Crippen molar-refractivity contribution in [3.05, 3.63) is 27.9 Å². The van der Waals surface area contributed by atoms with E-state index in [9.17, 15) is 10.1 Å². The molecule has 0 atom stereocenters. The molecule has 1 heterocycles. The third-order valence-electron chi connectivity index (χ3n) is 2.13. The van der Waals surface area contributed by atoms with Crippen molar-refractivity contribution in [2.75, 3.05) is 0 Å². The summed E-state index contributed by atoms with van der Waals surface area (Å²) < 4.78 is 5.43. The molecule has 0 radical (unpaired) electrons. The molecule has 14 heavy (non-hydrogen) atoms. The van der Waals surface area contributed by atoms with E-state index in [0.717, 1.165) is 12.8 Å². The predicted molar refractivity (Wildman–Crippen MR) is 49.3 cm³/mol. The first-order valence-corrected chi connectivity index (χ1v) is 4.45. The van der Waals surface area contributed by atoms with Crippen molar-refractivity contribution >= 4 is 5.69 Å². The van der Waals surface area contributed by atoms with Gasteiger partial charge in [-0.3, -0.25) is 10.1 Å². The highest BCUT2D eigenvalue weighted by Gasteiger charge is 2.26. The molecule has 5 nitrogen and oxygen atoms in total. The van der Waals surface area contributed by atoms with E-state index in [0.29, 0.717) is 11.4 Å². The van der Waals surface area contributed by atoms with E-state index in [4.69, 9.17) is 4.74 Å². The number of rotatable bonds is 3. The van der Waals surface area contributed by atoms with Gasteiger partial charge in [0, 0.05) is 12.3 Å². The zero-order chi connectivity index (χ0) is 10.1. The molecule has 0 unspecified atom stereocenters. The van der Waals surface area contributed by atoms with Gasteiger partial charge in [-0.05, 0) is 19.8 Å². The van der Waals surface area contributed by atoms with E-state index >= 15 is 0 Å². The van der Waals surface area contributed by atoms with Crippen LogP contribution in [-0.4, -0.2) is 16.0 Å². The predicted octanol–water partition coefficient (Wildman–Crippen LogP) is 1.84. The third kappa shape index (κ3) is 1.66. The number of aromatic nitrogens is 1. The normalized spacial score (nSPS) is 15.2. The molecule has 74 valence electrons. The molecule has 1 aliphatic rings. The van der Waals surface area contributed by atoms with Crippen LogP contribution >= 0.6 is 0 Å². The van der Waals surface area contributed by atoms with Gasteiger partial charge in [-0.1, -0.05) is 0 Å². The van der Waals surface area contributed by atoms with Gasteiger partial charge in [0.1, 0.15) is 6.10 Å². The van der Waals surface area contributed by atoms with Crippen LogP contribution in [0.3, 0.4) is 0 Å². The molecule has 1 fully saturated rings. The summed E-state index contributed by atoms with van der Waals surface area (Å²) in [7, 11) is 0. The van der Waals surface area contributed by atoms with Crippen LogP contribution in [0.5, 0.6) is 5.88 Å². The number of pyridine rings is 1. The monoisotopic (exact) mass is 194 g/mol. The molecule has 5 heteroatoms. The molecule has 0 spiro atoms. The standard InChI is InChI=1S/C9H10N2O3/c1-6-8(11(12)13)4-5-10-9(6)14-7-2-3-7/h4-5,7H,2-3H2,1H3. The lowest BCUT2D eigenvalue weighted by Gasteiger charge is -2.05. The Morgan fingerprint density at radius 1 is 1.64 bits per heavy atom. The summed E-state index contributed by atoms with van der Waals surface area (Å²) >= 11 is 0. The van der Waals surface area contributed by atoms with Gasteiger partial charge in [-0.15, -0.1) is 0 Å². The SMILES string of the molecule is Cc1c([N+](=O)[O-])ccnc1OC1CC1. The van der Waals surface area contributed by atoms with E-state index in [1.54, 1.807) is 6.92 Å². The molecule has 2 rings (SSSR count). The molecule has 0 bridgehead atoms. The lowest BCUT2D eigenvalue weighted by atomic mass is 10.2. The minimum Gasteiger partial charge on any atom is -0.474 e. The van der Waals surface area contributed by atoms with Crippen LogP contribution in [0.15, 0.2) is 12.3 Å². The lowest BCUT2D eigenvalue weighted by molar-refractivity contribution is -0.385. The van der Waals surface area contributed by atoms with Crippen molar-refractivity contribution in [2.45, 2.75) is 25.9 Å². The Bertz CT molecular complexity index is 374. The maximum Gasteiger partial charge on any atom is 0.279 e. The minimum atomic E-state index is -0.420. The number of hydrogen-bond acceptors (Lipinski definition) is 4. The number of nitro groups is 1. The van der Waals surface area contributed by atoms with E-state index in [1.807, 2.05) is 0 Å². The van der Waals surface area contributed by atoms with Crippen molar-refractivity contribution in [1.29, 1.82) is 0 Å². The van der Waals surface area contributed by atoms with Crippen molar-refractivity contribution < 1.29 is 9.66 Å². The van der Waals surface area contributed by atoms with Gasteiger partial charge in [0.15, 0.2) is 0 Å². The van der Waals surface area contributed by atoms with Gasteiger partial charge in [0.25, 0.3) is 5.69 Å². The van der Waals surface area contributed by atoms with Crippen LogP contribution in [0, 0.1) is 17.0 Å². The number of hydrogen-bond donors (Lipinski definition) is 0. The van der Waals surface area contributed by atoms with Crippen LogP contribution < -0.4 is 4.74 Å². The van der Waals surface area contributed by atoms with Crippen LogP contribution in [0.1, 0.15) is 18.4 Å². The highest BCUT2D eigenvalue weighted by atomic mass is 16.6. The van der Waals surface area contributed by atoms with E-state index in [-0.39, 0.29) is 11.8 Å². The van der Waals surface area contributed by atoms with Crippen LogP contribution in [0.2, 0.25) is 0 Å². The fourth-order valence-corrected chi connectivity index (χ4v) is 1.17. The number of nitrogens with zero attached hydrogens (tertiary/aromatic N) is 2. The van der Waals surface area contributed by atoms with Gasteiger partial charge in [0.2, 0.25) is 5.88 Å². The third-order valence-corrected chi connectivity index (χ3v) is 2.13. The maximum atomic E-state index is 10.6. The van der Waals surface area contributed by atoms with Gasteiger partial charge < -0.3 is 4.74 Å². The Morgan fingerprint density at radius 2 is 2.36 bits per heavy atom. The molecule has 0 amide bonds. The van der Waals surface area contributed by atoms with E-state index < -0.39 is 4.92 Å². The van der Waals surface area contributed by atoms with Gasteiger partial charge >= 0.3 is 0 Å². The Kier molecular flexibility index (Phi) is 2.07. The second-order valence-corrected chi connectivity index (χ2v) is 3.33. The summed E-state index contributed by atoms with van der Waals surface area (Å²) in [5.74, 6) is 0.390. The molecule has 0 saturated heterocycles. The zero-order valence-corrected chi connectivity index (χ0v) is 7.77. The van der Waals surface area contributed by atoms with Crippen molar-refractivity contribution in [3.63, 3.8) is 0 Å². The largest absolute Gasteiger partial charge is 0.474 e. The minimum absolute atomic E-state index is 0.0654. The topological polar surface area (TPSA) is 65.3 Å². The molecule has 0 N–H and O–H groups in total. The molecule has 0 aromatic carbocycles. The molecule has 1 aromatic heterocycles. The Morgan fingerprint density at radius 3 is 2.93 bits per heavy atom. The average molecular weight is 194 g/mol. The summed E-state index contributed by atoms with van der Waals surface area (Å²) in [6.45, 7) is 1.66. The first kappa shape index (κ1) is 8.93. The molecular formula is C9H10N2O3. The highest BCUT2D eigenvalue weighted by Crippen LogP contribution is 2.30. The average Bonchev–Trinajstić information content (AvgIpc) is 2.92. The first-order valence-electron chi connectivity index (χ1n) is 4.45. The summed E-state index contributed by atoms with van der Waals surface area (Å²) in [5, 5.41) is 10.6. The summed E-state index contributed by atoms with van der Waals surface area (Å²) in [5.41, 5.74) is 0.569. The van der Waals surface area contributed by atoms with Crippen molar-refractivity contribution in [3.8, 4) is 5.88 Å². The Hall–Kier alpha value is -1.65. The Balaban J connectivity index is 2.30. The fraction of sp³-hybridized carbons (Fsp3) is 0.444. The molecule has 0 aliphatic heterocycles. The van der Waals surface area contributed by atoms with Crippen LogP contribution in [-0.2, 0) is 0 Å². The molecular weight excluding hydrogens is 184 g/mol. The molecule has 1 aliphatic carbocycles. The van der Waals surface area contributed by atoms with Crippen LogP contribution in [0.25, 0.3) is 0 Å². The van der Waals surface area contributed by atoms with Gasteiger partial charge in [-0.25, -0.2) is 4.98 Å². The van der Waals surface area contributed by atoms with Crippen molar-refractivity contribution in [1.82, 2.24) is 4.98 Å². The quantitative estimate of drug-likeness (QED) is 0.544. The second-order valence-electron chi connectivity index (χ2n) is 3.33. The zero-order valence-electron chi connectivity index (χ0n) is 7.77. The lowest BCUT2D eigenvalue weighted by Crippen LogP contribution is -2.02. The summed E-state index contributed by atoms with van der Waals surface area (Å²) in [4.78, 5) is 14.2. The van der Waals surface area contributed by atoms with Gasteiger partial charge in [0.05, 0.1) is 10.5 Å². The fourth-order valence-electron chi connectivity index (χ4n) is 1.17. The first-order chi connectivity index (χ1) is 6.68. The molecule has 1 aromatic rings. The maximum absolute atomic E-state index is 10.6. The second kappa shape index (κ2) is 3.25. The molecule has 1 saturated carbocycles. The van der Waals surface area contributed by atoms with Crippen LogP contribution in [0.4, 0.5) is 5.69 Å². The smallest absolute Gasteiger partial charge is 0.279 e. The number of ether oxygens (including phenoxy) is 1. The highest BCUT2D eigenvalue weighted by molar-refractivity contribution is 5.44. The van der Waals surface area contributed by atoms with Crippen molar-refractivity contribution in [2.24, 2.45) is 0 Å². The van der Waals surface area contributed by atoms with E-state index in [1.165, 1.54) is 12.3 Å². The summed E-state index contributed by atoms with van der Waals surface area (Å²) in [6, 6.07) is 1.38. The van der Waals surface area contributed by atoms with Gasteiger partial charge in [-0.2, -0.15) is 0 Å². The summed E-state index contributed by atoms with van der Waals surface area (Å²) in [6.07, 6.45) is 3.65.